The summed E-state index contributed by atoms with van der Waals surface area (Å²) in [6.07, 6.45) is 3.12. The Morgan fingerprint density at radius 2 is 2.18 bits per heavy atom. The Kier molecular flexibility index (Phi) is 3.51. The smallest absolute Gasteiger partial charge is 0.170 e. The van der Waals surface area contributed by atoms with Crippen molar-refractivity contribution in [2.24, 2.45) is 0 Å². The second-order valence-electron chi connectivity index (χ2n) is 3.86. The van der Waals surface area contributed by atoms with Crippen LogP contribution < -0.4 is 0 Å². The van der Waals surface area contributed by atoms with Gasteiger partial charge in [-0.1, -0.05) is 18.2 Å². The highest BCUT2D eigenvalue weighted by molar-refractivity contribution is 5.95. The van der Waals surface area contributed by atoms with Crippen LogP contribution in [0.15, 0.2) is 24.3 Å². The van der Waals surface area contributed by atoms with Gasteiger partial charge in [0.25, 0.3) is 0 Å². The largest absolute Gasteiger partial charge is 0.296 e. The first kappa shape index (κ1) is 11.3. The number of aldehydes is 1. The first-order valence-electron chi connectivity index (χ1n) is 5.64. The molecule has 0 amide bonds. The molecule has 17 heavy (non-hydrogen) atoms. The molecule has 1 heterocycles. The van der Waals surface area contributed by atoms with Crippen molar-refractivity contribution in [3.8, 4) is 6.07 Å². The zero-order chi connectivity index (χ0) is 12.1. The van der Waals surface area contributed by atoms with Crippen molar-refractivity contribution in [1.29, 1.82) is 5.26 Å². The number of hydrogen-bond donors (Lipinski definition) is 0. The minimum atomic E-state index is 0.487. The van der Waals surface area contributed by atoms with Gasteiger partial charge in [-0.15, -0.1) is 0 Å². The van der Waals surface area contributed by atoms with Gasteiger partial charge in [-0.2, -0.15) is 10.4 Å². The topological polar surface area (TPSA) is 58.7 Å². The Hall–Kier alpha value is -2.15. The molecule has 1 aromatic heterocycles. The van der Waals surface area contributed by atoms with Crippen molar-refractivity contribution in [2.45, 2.75) is 25.8 Å². The van der Waals surface area contributed by atoms with Crippen LogP contribution in [-0.2, 0) is 6.54 Å². The molecule has 0 aliphatic carbocycles. The summed E-state index contributed by atoms with van der Waals surface area (Å²) in [5.41, 5.74) is 1.47. The maximum Gasteiger partial charge on any atom is 0.170 e. The lowest BCUT2D eigenvalue weighted by Gasteiger charge is -2.01. The molecule has 0 aliphatic heterocycles. The summed E-state index contributed by atoms with van der Waals surface area (Å²) in [5, 5.41) is 13.6. The molecule has 4 nitrogen and oxygen atoms in total. The second kappa shape index (κ2) is 5.26. The van der Waals surface area contributed by atoms with E-state index in [0.29, 0.717) is 12.1 Å². The zero-order valence-electron chi connectivity index (χ0n) is 9.47. The summed E-state index contributed by atoms with van der Waals surface area (Å²) in [5.74, 6) is 0. The van der Waals surface area contributed by atoms with E-state index in [0.717, 1.165) is 36.6 Å². The maximum atomic E-state index is 10.9. The fraction of sp³-hybridized carbons (Fsp3) is 0.308. The van der Waals surface area contributed by atoms with Crippen LogP contribution in [0.3, 0.4) is 0 Å². The summed E-state index contributed by atoms with van der Waals surface area (Å²) in [6.45, 7) is 0.746. The van der Waals surface area contributed by atoms with Gasteiger partial charge in [0, 0.05) is 18.4 Å². The lowest BCUT2D eigenvalue weighted by Crippen LogP contribution is -2.00. The van der Waals surface area contributed by atoms with Crippen LogP contribution in [0.1, 0.15) is 29.8 Å². The van der Waals surface area contributed by atoms with Crippen LogP contribution in [0.25, 0.3) is 10.9 Å². The fourth-order valence-corrected chi connectivity index (χ4v) is 1.88. The minimum Gasteiger partial charge on any atom is -0.296 e. The monoisotopic (exact) mass is 227 g/mol. The van der Waals surface area contributed by atoms with Crippen molar-refractivity contribution in [2.75, 3.05) is 0 Å². The van der Waals surface area contributed by atoms with Gasteiger partial charge in [0.05, 0.1) is 11.6 Å². The average molecular weight is 227 g/mol. The summed E-state index contributed by atoms with van der Waals surface area (Å²) in [6, 6.07) is 9.82. The predicted octanol–water partition coefficient (Wildman–Crippen LogP) is 2.54. The number of aryl methyl sites for hydroxylation is 1. The van der Waals surface area contributed by atoms with E-state index in [9.17, 15) is 4.79 Å². The number of carbonyl (C=O) groups excluding carboxylic acids is 1. The molecular weight excluding hydrogens is 214 g/mol. The van der Waals surface area contributed by atoms with Crippen LogP contribution in [-0.4, -0.2) is 16.1 Å². The Balaban J connectivity index is 2.22. The van der Waals surface area contributed by atoms with Crippen molar-refractivity contribution < 1.29 is 4.79 Å². The van der Waals surface area contributed by atoms with Crippen LogP contribution >= 0.6 is 0 Å². The summed E-state index contributed by atoms with van der Waals surface area (Å²) in [4.78, 5) is 10.9. The molecule has 0 radical (unpaired) electrons. The number of benzene rings is 1. The minimum absolute atomic E-state index is 0.487. The van der Waals surface area contributed by atoms with E-state index in [2.05, 4.69) is 11.2 Å². The molecule has 4 heteroatoms. The number of fused-ring (bicyclic) bond motifs is 1. The Morgan fingerprint density at radius 1 is 1.35 bits per heavy atom. The molecule has 0 N–H and O–H groups in total. The van der Waals surface area contributed by atoms with Crippen molar-refractivity contribution >= 4 is 17.2 Å². The van der Waals surface area contributed by atoms with E-state index in [-0.39, 0.29) is 0 Å². The van der Waals surface area contributed by atoms with Crippen LogP contribution in [0, 0.1) is 11.3 Å². The standard InChI is InChI=1S/C13H13N3O/c14-8-4-1-5-9-16-13-7-3-2-6-11(13)12(10-17)15-16/h2-3,6-7,10H,1,4-5,9H2. The van der Waals surface area contributed by atoms with Crippen LogP contribution in [0.2, 0.25) is 0 Å². The van der Waals surface area contributed by atoms with Crippen molar-refractivity contribution in [3.05, 3.63) is 30.0 Å². The van der Waals surface area contributed by atoms with Gasteiger partial charge in [-0.25, -0.2) is 0 Å². The molecule has 86 valence electrons. The highest BCUT2D eigenvalue weighted by Gasteiger charge is 2.08. The first-order valence-corrected chi connectivity index (χ1v) is 5.64. The highest BCUT2D eigenvalue weighted by atomic mass is 16.1. The number of para-hydroxylation sites is 1. The summed E-state index contributed by atoms with van der Waals surface area (Å²) >= 11 is 0. The van der Waals surface area contributed by atoms with Gasteiger partial charge in [0.1, 0.15) is 5.69 Å². The zero-order valence-corrected chi connectivity index (χ0v) is 9.47. The Morgan fingerprint density at radius 3 is 2.94 bits per heavy atom. The average Bonchev–Trinajstić information content (AvgIpc) is 2.73. The lowest BCUT2D eigenvalue weighted by atomic mass is 10.2. The molecule has 0 fully saturated rings. The third-order valence-corrected chi connectivity index (χ3v) is 2.71. The van der Waals surface area contributed by atoms with Gasteiger partial charge in [-0.3, -0.25) is 9.48 Å². The van der Waals surface area contributed by atoms with Crippen molar-refractivity contribution in [3.63, 3.8) is 0 Å². The maximum absolute atomic E-state index is 10.9. The van der Waals surface area contributed by atoms with E-state index >= 15 is 0 Å². The van der Waals surface area contributed by atoms with Gasteiger partial charge < -0.3 is 0 Å². The number of unbranched alkanes of at least 4 members (excludes halogenated alkanes) is 2. The van der Waals surface area contributed by atoms with E-state index in [1.807, 2.05) is 28.9 Å². The molecule has 0 aliphatic rings. The number of carbonyl (C=O) groups is 1. The van der Waals surface area contributed by atoms with Crippen LogP contribution in [0.5, 0.6) is 0 Å². The number of nitrogens with zero attached hydrogens (tertiary/aromatic N) is 3. The number of rotatable bonds is 5. The SMILES string of the molecule is N#CCCCCn1nc(C=O)c2ccccc21. The molecule has 0 bridgehead atoms. The quantitative estimate of drug-likeness (QED) is 0.582. The molecule has 0 unspecified atom stereocenters. The summed E-state index contributed by atoms with van der Waals surface area (Å²) in [7, 11) is 0. The van der Waals surface area contributed by atoms with Gasteiger partial charge in [0.15, 0.2) is 6.29 Å². The van der Waals surface area contributed by atoms with Gasteiger partial charge in [0.2, 0.25) is 0 Å². The molecule has 0 saturated carbocycles. The molecule has 2 rings (SSSR count). The predicted molar refractivity (Wildman–Crippen MR) is 64.6 cm³/mol. The first-order chi connectivity index (χ1) is 8.36. The van der Waals surface area contributed by atoms with Gasteiger partial charge in [-0.05, 0) is 18.9 Å². The fourth-order valence-electron chi connectivity index (χ4n) is 1.88. The van der Waals surface area contributed by atoms with E-state index in [1.165, 1.54) is 0 Å². The third-order valence-electron chi connectivity index (χ3n) is 2.71. The number of nitriles is 1. The second-order valence-corrected chi connectivity index (χ2v) is 3.86. The molecular formula is C13H13N3O. The molecule has 1 aromatic carbocycles. The van der Waals surface area contributed by atoms with Gasteiger partial charge >= 0.3 is 0 Å². The van der Waals surface area contributed by atoms with Crippen molar-refractivity contribution in [1.82, 2.24) is 9.78 Å². The number of aromatic nitrogens is 2. The lowest BCUT2D eigenvalue weighted by molar-refractivity contribution is 0.111. The Bertz CT molecular complexity index is 566. The number of hydrogen-bond acceptors (Lipinski definition) is 3. The van der Waals surface area contributed by atoms with Crippen LogP contribution in [0.4, 0.5) is 0 Å². The normalized spacial score (nSPS) is 10.3. The van der Waals surface area contributed by atoms with E-state index < -0.39 is 0 Å². The summed E-state index contributed by atoms with van der Waals surface area (Å²) < 4.78 is 1.84. The molecule has 0 saturated heterocycles. The Labute approximate surface area is 99.5 Å². The van der Waals surface area contributed by atoms with E-state index in [4.69, 9.17) is 5.26 Å². The highest BCUT2D eigenvalue weighted by Crippen LogP contribution is 2.17. The third kappa shape index (κ3) is 2.34. The van der Waals surface area contributed by atoms with E-state index in [1.54, 1.807) is 0 Å². The molecule has 0 spiro atoms. The molecule has 2 aromatic rings. The molecule has 0 atom stereocenters.